The van der Waals surface area contributed by atoms with Crippen molar-refractivity contribution in [3.8, 4) is 5.69 Å². The third-order valence-corrected chi connectivity index (χ3v) is 7.08. The number of carbonyl (C=O) groups excluding carboxylic acids is 1. The minimum absolute atomic E-state index is 0.105. The van der Waals surface area contributed by atoms with Gasteiger partial charge in [0.2, 0.25) is 5.91 Å². The molecule has 0 N–H and O–H groups in total. The number of benzene rings is 2. The highest BCUT2D eigenvalue weighted by Crippen LogP contribution is 2.37. The Morgan fingerprint density at radius 2 is 2.00 bits per heavy atom. The van der Waals surface area contributed by atoms with E-state index in [1.54, 1.807) is 0 Å². The first-order chi connectivity index (χ1) is 14.0. The Balaban J connectivity index is 1.54. The summed E-state index contributed by atoms with van der Waals surface area (Å²) in [7, 11) is 0. The van der Waals surface area contributed by atoms with E-state index in [-0.39, 0.29) is 5.91 Å². The molecule has 0 fully saturated rings. The Kier molecular flexibility index (Phi) is 5.96. The van der Waals surface area contributed by atoms with Crippen LogP contribution in [0.5, 0.6) is 0 Å². The summed E-state index contributed by atoms with van der Waals surface area (Å²) in [5.74, 6) is 1.25. The Labute approximate surface area is 179 Å². The van der Waals surface area contributed by atoms with Gasteiger partial charge in [-0.2, -0.15) is 0 Å². The quantitative estimate of drug-likeness (QED) is 0.558. The summed E-state index contributed by atoms with van der Waals surface area (Å²) in [4.78, 5) is 16.2. The van der Waals surface area contributed by atoms with Crippen molar-refractivity contribution in [2.24, 2.45) is 0 Å². The highest BCUT2D eigenvalue weighted by atomic mass is 32.2. The molecule has 5 nitrogen and oxygen atoms in total. The molecule has 0 unspecified atom stereocenters. The molecule has 4 rings (SSSR count). The van der Waals surface area contributed by atoms with Crippen molar-refractivity contribution in [3.63, 3.8) is 0 Å². The topological polar surface area (TPSA) is 51.0 Å². The van der Waals surface area contributed by atoms with Crippen molar-refractivity contribution >= 4 is 35.1 Å². The number of aryl methyl sites for hydroxylation is 2. The summed E-state index contributed by atoms with van der Waals surface area (Å²) in [5.41, 5.74) is 3.21. The molecule has 29 heavy (non-hydrogen) atoms. The van der Waals surface area contributed by atoms with Gasteiger partial charge in [-0.3, -0.25) is 9.36 Å². The van der Waals surface area contributed by atoms with Crippen molar-refractivity contribution in [1.82, 2.24) is 14.8 Å². The average molecular weight is 425 g/mol. The lowest BCUT2D eigenvalue weighted by atomic mass is 10.2. The predicted molar refractivity (Wildman–Crippen MR) is 120 cm³/mol. The predicted octanol–water partition coefficient (Wildman–Crippen LogP) is 4.89. The standard InChI is InChI=1S/C22H24N4OS2/c1-15-7-6-8-18(13-15)26-17(3)23-24-22(26)28-14-21(27)25-12-11-16(2)29-20-10-5-4-9-19(20)25/h4-10,13,16H,11-12,14H2,1-3H3/t16-/m1/s1. The normalized spacial score (nSPS) is 16.4. The average Bonchev–Trinajstić information content (AvgIpc) is 2.98. The molecule has 2 heterocycles. The van der Waals surface area contributed by atoms with E-state index in [0.29, 0.717) is 11.0 Å². The molecule has 0 spiro atoms. The van der Waals surface area contributed by atoms with E-state index >= 15 is 0 Å². The Morgan fingerprint density at radius 3 is 2.83 bits per heavy atom. The van der Waals surface area contributed by atoms with E-state index in [1.807, 2.05) is 58.5 Å². The summed E-state index contributed by atoms with van der Waals surface area (Å²) in [5, 5.41) is 9.79. The lowest BCUT2D eigenvalue weighted by Crippen LogP contribution is -2.33. The van der Waals surface area contributed by atoms with Gasteiger partial charge in [0.1, 0.15) is 5.82 Å². The maximum absolute atomic E-state index is 13.1. The van der Waals surface area contributed by atoms with Crippen LogP contribution >= 0.6 is 23.5 Å². The fourth-order valence-corrected chi connectivity index (χ4v) is 5.44. The molecule has 1 aromatic heterocycles. The fourth-order valence-electron chi connectivity index (χ4n) is 3.45. The third-order valence-electron chi connectivity index (χ3n) is 4.92. The zero-order valence-corrected chi connectivity index (χ0v) is 18.5. The van der Waals surface area contributed by atoms with Gasteiger partial charge in [-0.15, -0.1) is 22.0 Å². The highest BCUT2D eigenvalue weighted by molar-refractivity contribution is 8.00. The number of anilines is 1. The van der Waals surface area contributed by atoms with Gasteiger partial charge in [0.05, 0.1) is 11.4 Å². The maximum atomic E-state index is 13.1. The fraction of sp³-hybridized carbons (Fsp3) is 0.318. The maximum Gasteiger partial charge on any atom is 0.237 e. The summed E-state index contributed by atoms with van der Waals surface area (Å²) < 4.78 is 2.01. The third kappa shape index (κ3) is 4.36. The molecule has 0 saturated heterocycles. The number of carbonyl (C=O) groups is 1. The monoisotopic (exact) mass is 424 g/mol. The first-order valence-corrected chi connectivity index (χ1v) is 11.6. The van der Waals surface area contributed by atoms with Gasteiger partial charge in [-0.05, 0) is 50.1 Å². The molecule has 1 aliphatic rings. The molecule has 1 amide bonds. The molecule has 2 aromatic carbocycles. The largest absolute Gasteiger partial charge is 0.311 e. The van der Waals surface area contributed by atoms with E-state index < -0.39 is 0 Å². The molecular formula is C22H24N4OS2. The highest BCUT2D eigenvalue weighted by Gasteiger charge is 2.24. The number of fused-ring (bicyclic) bond motifs is 1. The molecular weight excluding hydrogens is 400 g/mol. The van der Waals surface area contributed by atoms with Crippen LogP contribution in [-0.2, 0) is 4.79 Å². The molecule has 7 heteroatoms. The summed E-state index contributed by atoms with van der Waals surface area (Å²) in [6.45, 7) is 6.96. The van der Waals surface area contributed by atoms with E-state index in [4.69, 9.17) is 0 Å². The molecule has 0 aliphatic carbocycles. The van der Waals surface area contributed by atoms with E-state index in [2.05, 4.69) is 42.2 Å². The number of thioether (sulfide) groups is 2. The first-order valence-electron chi connectivity index (χ1n) is 9.71. The van der Waals surface area contributed by atoms with Crippen LogP contribution in [0.1, 0.15) is 24.7 Å². The Bertz CT molecular complexity index is 1030. The van der Waals surface area contributed by atoms with Crippen molar-refractivity contribution in [3.05, 3.63) is 59.9 Å². The van der Waals surface area contributed by atoms with Gasteiger partial charge in [-0.25, -0.2) is 0 Å². The summed E-state index contributed by atoms with van der Waals surface area (Å²) >= 11 is 3.29. The van der Waals surface area contributed by atoms with Gasteiger partial charge < -0.3 is 4.90 Å². The lowest BCUT2D eigenvalue weighted by molar-refractivity contribution is -0.116. The molecule has 1 aliphatic heterocycles. The zero-order chi connectivity index (χ0) is 20.4. The summed E-state index contributed by atoms with van der Waals surface area (Å²) in [6, 6.07) is 16.4. The van der Waals surface area contributed by atoms with Crippen LogP contribution < -0.4 is 4.90 Å². The molecule has 0 radical (unpaired) electrons. The SMILES string of the molecule is Cc1cccc(-n2c(C)nnc2SCC(=O)N2CC[C@@H](C)Sc3ccccc32)c1. The molecule has 150 valence electrons. The molecule has 3 aromatic rings. The van der Waals surface area contributed by atoms with Crippen molar-refractivity contribution in [2.45, 2.75) is 42.5 Å². The van der Waals surface area contributed by atoms with Gasteiger partial charge in [-0.1, -0.05) is 43.0 Å². The van der Waals surface area contributed by atoms with E-state index in [1.165, 1.54) is 22.2 Å². The van der Waals surface area contributed by atoms with Crippen molar-refractivity contribution in [1.29, 1.82) is 0 Å². The van der Waals surface area contributed by atoms with Gasteiger partial charge in [0, 0.05) is 22.4 Å². The number of nitrogens with zero attached hydrogens (tertiary/aromatic N) is 4. The second-order valence-corrected chi connectivity index (χ2v) is 9.65. The Morgan fingerprint density at radius 1 is 1.17 bits per heavy atom. The first kappa shape index (κ1) is 20.0. The van der Waals surface area contributed by atoms with Crippen LogP contribution in [0.4, 0.5) is 5.69 Å². The number of amides is 1. The van der Waals surface area contributed by atoms with Crippen LogP contribution in [0.25, 0.3) is 5.69 Å². The van der Waals surface area contributed by atoms with Crippen LogP contribution in [0.3, 0.4) is 0 Å². The number of para-hydroxylation sites is 1. The minimum Gasteiger partial charge on any atom is -0.311 e. The number of hydrogen-bond donors (Lipinski definition) is 0. The Hall–Kier alpha value is -2.25. The number of rotatable bonds is 4. The van der Waals surface area contributed by atoms with Crippen molar-refractivity contribution < 1.29 is 4.79 Å². The van der Waals surface area contributed by atoms with Crippen LogP contribution in [0, 0.1) is 13.8 Å². The second kappa shape index (κ2) is 8.63. The number of aromatic nitrogens is 3. The van der Waals surface area contributed by atoms with Gasteiger partial charge in [0.15, 0.2) is 5.16 Å². The smallest absolute Gasteiger partial charge is 0.237 e. The molecule has 0 saturated carbocycles. The molecule has 1 atom stereocenters. The van der Waals surface area contributed by atoms with Crippen LogP contribution in [0.15, 0.2) is 58.6 Å². The zero-order valence-electron chi connectivity index (χ0n) is 16.8. The van der Waals surface area contributed by atoms with Crippen molar-refractivity contribution in [2.75, 3.05) is 17.2 Å². The second-order valence-electron chi connectivity index (χ2n) is 7.22. The van der Waals surface area contributed by atoms with Gasteiger partial charge >= 0.3 is 0 Å². The van der Waals surface area contributed by atoms with E-state index in [9.17, 15) is 4.79 Å². The van der Waals surface area contributed by atoms with Crippen LogP contribution in [-0.4, -0.2) is 38.2 Å². The minimum atomic E-state index is 0.105. The number of hydrogen-bond acceptors (Lipinski definition) is 5. The summed E-state index contributed by atoms with van der Waals surface area (Å²) in [6.07, 6.45) is 0.980. The van der Waals surface area contributed by atoms with Crippen LogP contribution in [0.2, 0.25) is 0 Å². The molecule has 0 bridgehead atoms. The van der Waals surface area contributed by atoms with Gasteiger partial charge in [0.25, 0.3) is 0 Å². The van der Waals surface area contributed by atoms with E-state index in [0.717, 1.165) is 35.3 Å². The lowest BCUT2D eigenvalue weighted by Gasteiger charge is -2.22.